The normalized spacial score (nSPS) is 23.4. The number of carbonyl (C=O) groups is 2. The van der Waals surface area contributed by atoms with E-state index in [-0.39, 0.29) is 23.3 Å². The maximum Gasteiger partial charge on any atom is 0.328 e. The number of benzene rings is 2. The molecule has 0 aromatic heterocycles. The van der Waals surface area contributed by atoms with Gasteiger partial charge in [-0.05, 0) is 66.1 Å². The number of hydrogen-bond acceptors (Lipinski definition) is 6. The number of morpholine rings is 1. The summed E-state index contributed by atoms with van der Waals surface area (Å²) in [5.74, 6) is -0.433. The summed E-state index contributed by atoms with van der Waals surface area (Å²) in [6.45, 7) is 8.50. The Kier molecular flexibility index (Phi) is 6.45. The van der Waals surface area contributed by atoms with Crippen LogP contribution in [0.4, 0.5) is 11.4 Å². The predicted octanol–water partition coefficient (Wildman–Crippen LogP) is 4.04. The first-order valence-corrected chi connectivity index (χ1v) is 12.6. The molecule has 2 aromatic carbocycles. The molecule has 2 saturated heterocycles. The summed E-state index contributed by atoms with van der Waals surface area (Å²) in [4.78, 5) is 29.5. The van der Waals surface area contributed by atoms with Gasteiger partial charge in [0.15, 0.2) is 0 Å². The summed E-state index contributed by atoms with van der Waals surface area (Å²) < 4.78 is 10.4. The fraction of sp³-hybridized carbons (Fsp3) is 0.500. The van der Waals surface area contributed by atoms with Crippen molar-refractivity contribution in [2.24, 2.45) is 5.41 Å². The van der Waals surface area contributed by atoms with Crippen LogP contribution in [0.25, 0.3) is 0 Å². The minimum atomic E-state index is -0.485. The number of esters is 1. The topological polar surface area (TPSA) is 71.1 Å². The van der Waals surface area contributed by atoms with Gasteiger partial charge in [-0.15, -0.1) is 0 Å². The highest BCUT2D eigenvalue weighted by atomic mass is 16.5. The molecule has 1 unspecified atom stereocenters. The Morgan fingerprint density at radius 2 is 1.89 bits per heavy atom. The van der Waals surface area contributed by atoms with Gasteiger partial charge in [-0.3, -0.25) is 4.79 Å². The Morgan fingerprint density at radius 3 is 2.66 bits per heavy atom. The van der Waals surface area contributed by atoms with Gasteiger partial charge in [0.2, 0.25) is 0 Å². The molecule has 0 spiro atoms. The zero-order valence-electron chi connectivity index (χ0n) is 20.9. The molecule has 2 atom stereocenters. The number of nitrogens with one attached hydrogen (secondary N) is 1. The molecule has 5 rings (SSSR count). The highest BCUT2D eigenvalue weighted by Crippen LogP contribution is 2.45. The highest BCUT2D eigenvalue weighted by molar-refractivity contribution is 5.97. The molecule has 3 heterocycles. The molecule has 1 N–H and O–H groups in total. The van der Waals surface area contributed by atoms with Crippen LogP contribution in [0.3, 0.4) is 0 Å². The van der Waals surface area contributed by atoms with Crippen molar-refractivity contribution < 1.29 is 19.1 Å². The van der Waals surface area contributed by atoms with Crippen LogP contribution in [0, 0.1) is 5.41 Å². The van der Waals surface area contributed by atoms with Gasteiger partial charge in [-0.25, -0.2) is 4.79 Å². The predicted molar refractivity (Wildman–Crippen MR) is 136 cm³/mol. The first-order chi connectivity index (χ1) is 16.9. The van der Waals surface area contributed by atoms with Crippen LogP contribution in [0.1, 0.15) is 54.2 Å². The monoisotopic (exact) mass is 477 g/mol. The molecule has 3 aliphatic rings. The van der Waals surface area contributed by atoms with Crippen LogP contribution in [-0.4, -0.2) is 62.8 Å². The summed E-state index contributed by atoms with van der Waals surface area (Å²) in [5, 5.41) is 3.76. The molecule has 0 saturated carbocycles. The minimum Gasteiger partial charge on any atom is -0.467 e. The Bertz CT molecular complexity index is 1110. The SMILES string of the molecule is COC(=O)[C@H]1CCCN1C(=O)c1ccc2c(c1)CC(C)(C)C(c1cccc(N3CCOCC3)c1)N2. The Labute approximate surface area is 207 Å². The molecule has 0 bridgehead atoms. The zero-order chi connectivity index (χ0) is 24.6. The van der Waals surface area contributed by atoms with Crippen molar-refractivity contribution >= 4 is 23.3 Å². The van der Waals surface area contributed by atoms with Crippen molar-refractivity contribution in [3.8, 4) is 0 Å². The van der Waals surface area contributed by atoms with E-state index in [2.05, 4.69) is 48.3 Å². The third-order valence-electron chi connectivity index (χ3n) is 7.65. The number of likely N-dealkylation sites (tertiary alicyclic amines) is 1. The zero-order valence-corrected chi connectivity index (χ0v) is 20.9. The van der Waals surface area contributed by atoms with Crippen molar-refractivity contribution in [2.75, 3.05) is 50.2 Å². The largest absolute Gasteiger partial charge is 0.467 e. The lowest BCUT2D eigenvalue weighted by atomic mass is 9.72. The van der Waals surface area contributed by atoms with E-state index in [1.54, 1.807) is 4.90 Å². The van der Waals surface area contributed by atoms with E-state index >= 15 is 0 Å². The highest BCUT2D eigenvalue weighted by Gasteiger charge is 2.38. The van der Waals surface area contributed by atoms with Gasteiger partial charge < -0.3 is 24.6 Å². The van der Waals surface area contributed by atoms with Crippen LogP contribution in [0.5, 0.6) is 0 Å². The maximum absolute atomic E-state index is 13.3. The minimum absolute atomic E-state index is 0.0551. The molecule has 186 valence electrons. The quantitative estimate of drug-likeness (QED) is 0.671. The second kappa shape index (κ2) is 9.53. The summed E-state index contributed by atoms with van der Waals surface area (Å²) in [7, 11) is 1.38. The van der Waals surface area contributed by atoms with E-state index in [1.165, 1.54) is 18.4 Å². The van der Waals surface area contributed by atoms with Gasteiger partial charge in [0.05, 0.1) is 26.4 Å². The van der Waals surface area contributed by atoms with Crippen molar-refractivity contribution in [3.63, 3.8) is 0 Å². The van der Waals surface area contributed by atoms with Gasteiger partial charge in [-0.2, -0.15) is 0 Å². The first kappa shape index (κ1) is 23.7. The molecule has 1 amide bonds. The molecule has 35 heavy (non-hydrogen) atoms. The second-order valence-corrected chi connectivity index (χ2v) is 10.5. The van der Waals surface area contributed by atoms with E-state index in [1.807, 2.05) is 18.2 Å². The number of rotatable bonds is 4. The van der Waals surface area contributed by atoms with Crippen LogP contribution >= 0.6 is 0 Å². The van der Waals surface area contributed by atoms with E-state index in [9.17, 15) is 9.59 Å². The van der Waals surface area contributed by atoms with Crippen LogP contribution in [0.15, 0.2) is 42.5 Å². The number of ether oxygens (including phenoxy) is 2. The summed E-state index contributed by atoms with van der Waals surface area (Å²) >= 11 is 0. The molecule has 0 radical (unpaired) electrons. The van der Waals surface area contributed by atoms with Crippen molar-refractivity contribution in [3.05, 3.63) is 59.2 Å². The number of methoxy groups -OCH3 is 1. The number of amides is 1. The summed E-state index contributed by atoms with van der Waals surface area (Å²) in [5.41, 5.74) is 5.28. The molecule has 7 heteroatoms. The van der Waals surface area contributed by atoms with Crippen molar-refractivity contribution in [1.82, 2.24) is 4.90 Å². The first-order valence-electron chi connectivity index (χ1n) is 12.6. The number of hydrogen-bond donors (Lipinski definition) is 1. The standard InChI is InChI=1S/C28H35N3O4/c1-28(2)18-21-16-20(26(32)31-11-5-8-24(31)27(33)34-3)9-10-23(21)29-25(28)19-6-4-7-22(17-19)30-12-14-35-15-13-30/h4,6-7,9-10,16-17,24-25,29H,5,8,11-15,18H2,1-3H3/t24-,25?/m1/s1. The number of anilines is 2. The molecule has 7 nitrogen and oxygen atoms in total. The van der Waals surface area contributed by atoms with E-state index in [0.29, 0.717) is 18.5 Å². The summed E-state index contributed by atoms with van der Waals surface area (Å²) in [6, 6.07) is 14.4. The Morgan fingerprint density at radius 1 is 1.09 bits per heavy atom. The number of carbonyl (C=O) groups excluding carboxylic acids is 2. The maximum atomic E-state index is 13.3. The average Bonchev–Trinajstić information content (AvgIpc) is 3.37. The van der Waals surface area contributed by atoms with Crippen molar-refractivity contribution in [2.45, 2.75) is 45.2 Å². The van der Waals surface area contributed by atoms with Gasteiger partial charge in [-0.1, -0.05) is 26.0 Å². The number of fused-ring (bicyclic) bond motifs is 1. The van der Waals surface area contributed by atoms with Crippen molar-refractivity contribution in [1.29, 1.82) is 0 Å². The Balaban J connectivity index is 1.38. The molecule has 0 aliphatic carbocycles. The molecule has 2 aromatic rings. The molecular formula is C28H35N3O4. The lowest BCUT2D eigenvalue weighted by Crippen LogP contribution is -2.41. The molecular weight excluding hydrogens is 442 g/mol. The van der Waals surface area contributed by atoms with Gasteiger partial charge in [0.25, 0.3) is 5.91 Å². The molecule has 2 fully saturated rings. The summed E-state index contributed by atoms with van der Waals surface area (Å²) in [6.07, 6.45) is 2.32. The van der Waals surface area contributed by atoms with E-state index in [4.69, 9.17) is 9.47 Å². The lowest BCUT2D eigenvalue weighted by molar-refractivity contribution is -0.145. The van der Waals surface area contributed by atoms with E-state index < -0.39 is 6.04 Å². The van der Waals surface area contributed by atoms with Crippen LogP contribution < -0.4 is 10.2 Å². The van der Waals surface area contributed by atoms with Crippen LogP contribution in [0.2, 0.25) is 0 Å². The lowest BCUT2D eigenvalue weighted by Gasteiger charge is -2.42. The second-order valence-electron chi connectivity index (χ2n) is 10.5. The third kappa shape index (κ3) is 4.61. The van der Waals surface area contributed by atoms with Crippen LogP contribution in [-0.2, 0) is 20.7 Å². The number of nitrogens with zero attached hydrogens (tertiary/aromatic N) is 2. The average molecular weight is 478 g/mol. The third-order valence-corrected chi connectivity index (χ3v) is 7.65. The van der Waals surface area contributed by atoms with Gasteiger partial charge in [0.1, 0.15) is 6.04 Å². The smallest absolute Gasteiger partial charge is 0.328 e. The fourth-order valence-corrected chi connectivity index (χ4v) is 5.77. The Hall–Kier alpha value is -3.06. The van der Waals surface area contributed by atoms with Gasteiger partial charge >= 0.3 is 5.97 Å². The van der Waals surface area contributed by atoms with E-state index in [0.717, 1.165) is 50.4 Å². The molecule has 3 aliphatic heterocycles. The fourth-order valence-electron chi connectivity index (χ4n) is 5.77. The van der Waals surface area contributed by atoms with Gasteiger partial charge in [0, 0.05) is 36.6 Å².